The summed E-state index contributed by atoms with van der Waals surface area (Å²) in [5.74, 6) is 1.59. The van der Waals surface area contributed by atoms with Crippen LogP contribution in [0.25, 0.3) is 0 Å². The fourth-order valence-electron chi connectivity index (χ4n) is 2.59. The quantitative estimate of drug-likeness (QED) is 0.628. The molecule has 2 rings (SSSR count). The molecule has 0 radical (unpaired) electrons. The van der Waals surface area contributed by atoms with Gasteiger partial charge in [0.2, 0.25) is 0 Å². The molecule has 1 aromatic heterocycles. The summed E-state index contributed by atoms with van der Waals surface area (Å²) >= 11 is 0. The van der Waals surface area contributed by atoms with Gasteiger partial charge in [0, 0.05) is 25.5 Å². The second kappa shape index (κ2) is 5.80. The van der Waals surface area contributed by atoms with E-state index in [1.54, 1.807) is 12.4 Å². The first-order valence-electron chi connectivity index (χ1n) is 6.62. The molecule has 0 atom stereocenters. The molecule has 5 nitrogen and oxygen atoms in total. The first kappa shape index (κ1) is 12.8. The maximum absolute atomic E-state index is 7.55. The molecule has 18 heavy (non-hydrogen) atoms. The van der Waals surface area contributed by atoms with Gasteiger partial charge in [-0.05, 0) is 18.8 Å². The minimum atomic E-state index is -0.00576. The van der Waals surface area contributed by atoms with E-state index in [1.165, 1.54) is 25.7 Å². The number of nitrogens with two attached hydrogens (primary N) is 1. The lowest BCUT2D eigenvalue weighted by Crippen LogP contribution is -2.36. The number of rotatable bonds is 4. The van der Waals surface area contributed by atoms with Gasteiger partial charge in [-0.15, -0.1) is 0 Å². The van der Waals surface area contributed by atoms with Crippen LogP contribution in [-0.2, 0) is 0 Å². The number of piperidine rings is 1. The van der Waals surface area contributed by atoms with E-state index < -0.39 is 0 Å². The SMILES string of the molecule is CCCC1CCN(c2nccnc2C(=N)N)CC1. The highest BCUT2D eigenvalue weighted by Crippen LogP contribution is 2.25. The fraction of sp³-hybridized carbons (Fsp3) is 0.615. The van der Waals surface area contributed by atoms with Crippen molar-refractivity contribution in [1.29, 1.82) is 5.41 Å². The van der Waals surface area contributed by atoms with Gasteiger partial charge < -0.3 is 10.6 Å². The molecule has 98 valence electrons. The number of aromatic nitrogens is 2. The number of nitrogens with one attached hydrogen (secondary N) is 1. The summed E-state index contributed by atoms with van der Waals surface area (Å²) in [5, 5.41) is 7.55. The lowest BCUT2D eigenvalue weighted by atomic mass is 9.92. The Balaban J connectivity index is 2.07. The number of anilines is 1. The van der Waals surface area contributed by atoms with Crippen LogP contribution in [0.3, 0.4) is 0 Å². The standard InChI is InChI=1S/C13H21N5/c1-2-3-10-4-8-18(9-5-10)13-11(12(14)15)16-6-7-17-13/h6-7,10H,2-5,8-9H2,1H3,(H3,14,15). The van der Waals surface area contributed by atoms with Crippen LogP contribution in [0.15, 0.2) is 12.4 Å². The van der Waals surface area contributed by atoms with E-state index in [9.17, 15) is 0 Å². The van der Waals surface area contributed by atoms with Crippen molar-refractivity contribution in [3.63, 3.8) is 0 Å². The third-order valence-corrected chi connectivity index (χ3v) is 3.55. The minimum absolute atomic E-state index is 0.00576. The molecule has 0 saturated carbocycles. The molecule has 5 heteroatoms. The topological polar surface area (TPSA) is 78.9 Å². The zero-order chi connectivity index (χ0) is 13.0. The first-order chi connectivity index (χ1) is 8.72. The van der Waals surface area contributed by atoms with Gasteiger partial charge in [-0.1, -0.05) is 19.8 Å². The Bertz CT molecular complexity index is 410. The number of hydrogen-bond donors (Lipinski definition) is 2. The molecule has 1 aromatic rings. The molecule has 0 aromatic carbocycles. The maximum Gasteiger partial charge on any atom is 0.158 e. The minimum Gasteiger partial charge on any atom is -0.382 e. The van der Waals surface area contributed by atoms with Crippen molar-refractivity contribution >= 4 is 11.7 Å². The van der Waals surface area contributed by atoms with Crippen LogP contribution in [0.4, 0.5) is 5.82 Å². The highest BCUT2D eigenvalue weighted by Gasteiger charge is 2.22. The predicted octanol–water partition coefficient (Wildman–Crippen LogP) is 1.78. The molecule has 0 amide bonds. The van der Waals surface area contributed by atoms with Crippen LogP contribution in [0.5, 0.6) is 0 Å². The van der Waals surface area contributed by atoms with E-state index in [4.69, 9.17) is 11.1 Å². The van der Waals surface area contributed by atoms with Crippen molar-refractivity contribution < 1.29 is 0 Å². The van der Waals surface area contributed by atoms with Gasteiger partial charge in [0.15, 0.2) is 5.82 Å². The van der Waals surface area contributed by atoms with Gasteiger partial charge in [-0.2, -0.15) is 0 Å². The van der Waals surface area contributed by atoms with E-state index >= 15 is 0 Å². The Hall–Kier alpha value is -1.65. The summed E-state index contributed by atoms with van der Waals surface area (Å²) in [7, 11) is 0. The van der Waals surface area contributed by atoms with Crippen molar-refractivity contribution in [1.82, 2.24) is 9.97 Å². The summed E-state index contributed by atoms with van der Waals surface area (Å²) in [6.07, 6.45) is 8.22. The average molecular weight is 247 g/mol. The summed E-state index contributed by atoms with van der Waals surface area (Å²) < 4.78 is 0. The van der Waals surface area contributed by atoms with Crippen LogP contribution in [-0.4, -0.2) is 28.9 Å². The van der Waals surface area contributed by atoms with Gasteiger partial charge in [-0.3, -0.25) is 5.41 Å². The van der Waals surface area contributed by atoms with E-state index in [0.717, 1.165) is 24.8 Å². The Kier molecular flexibility index (Phi) is 4.12. The molecule has 1 aliphatic rings. The molecule has 1 saturated heterocycles. The van der Waals surface area contributed by atoms with Crippen LogP contribution in [0, 0.1) is 11.3 Å². The fourth-order valence-corrected chi connectivity index (χ4v) is 2.59. The molecule has 3 N–H and O–H groups in total. The largest absolute Gasteiger partial charge is 0.382 e. The third-order valence-electron chi connectivity index (χ3n) is 3.55. The zero-order valence-electron chi connectivity index (χ0n) is 10.9. The molecule has 0 spiro atoms. The molecule has 0 aliphatic carbocycles. The lowest BCUT2D eigenvalue weighted by Gasteiger charge is -2.33. The molecule has 1 fully saturated rings. The van der Waals surface area contributed by atoms with Crippen LogP contribution < -0.4 is 10.6 Å². The molecule has 1 aliphatic heterocycles. The van der Waals surface area contributed by atoms with E-state index in [-0.39, 0.29) is 5.84 Å². The molecule has 0 bridgehead atoms. The van der Waals surface area contributed by atoms with E-state index in [2.05, 4.69) is 21.8 Å². The average Bonchev–Trinajstić information content (AvgIpc) is 2.40. The van der Waals surface area contributed by atoms with Crippen molar-refractivity contribution in [2.45, 2.75) is 32.6 Å². The zero-order valence-corrected chi connectivity index (χ0v) is 10.9. The normalized spacial score (nSPS) is 16.8. The van der Waals surface area contributed by atoms with Crippen molar-refractivity contribution in [2.24, 2.45) is 11.7 Å². The maximum atomic E-state index is 7.55. The van der Waals surface area contributed by atoms with Crippen molar-refractivity contribution in [2.75, 3.05) is 18.0 Å². The Morgan fingerprint density at radius 1 is 1.39 bits per heavy atom. The highest BCUT2D eigenvalue weighted by atomic mass is 15.2. The number of hydrogen-bond acceptors (Lipinski definition) is 4. The van der Waals surface area contributed by atoms with Gasteiger partial charge in [0.1, 0.15) is 11.5 Å². The Morgan fingerprint density at radius 3 is 2.67 bits per heavy atom. The Labute approximate surface area is 108 Å². The van der Waals surface area contributed by atoms with Crippen molar-refractivity contribution in [3.8, 4) is 0 Å². The summed E-state index contributed by atoms with van der Waals surface area (Å²) in [5.41, 5.74) is 6.06. The smallest absolute Gasteiger partial charge is 0.158 e. The molecular weight excluding hydrogens is 226 g/mol. The first-order valence-corrected chi connectivity index (χ1v) is 6.62. The second-order valence-electron chi connectivity index (χ2n) is 4.86. The molecular formula is C13H21N5. The number of nitrogen functional groups attached to an aromatic ring is 1. The highest BCUT2D eigenvalue weighted by molar-refractivity contribution is 5.97. The summed E-state index contributed by atoms with van der Waals surface area (Å²) in [4.78, 5) is 10.7. The third kappa shape index (κ3) is 2.78. The van der Waals surface area contributed by atoms with E-state index in [1.807, 2.05) is 0 Å². The summed E-state index contributed by atoms with van der Waals surface area (Å²) in [6, 6.07) is 0. The van der Waals surface area contributed by atoms with Gasteiger partial charge in [0.25, 0.3) is 0 Å². The van der Waals surface area contributed by atoms with Gasteiger partial charge in [-0.25, -0.2) is 9.97 Å². The molecule has 2 heterocycles. The summed E-state index contributed by atoms with van der Waals surface area (Å²) in [6.45, 7) is 4.22. The van der Waals surface area contributed by atoms with E-state index in [0.29, 0.717) is 5.69 Å². The van der Waals surface area contributed by atoms with Crippen LogP contribution in [0.1, 0.15) is 38.3 Å². The Morgan fingerprint density at radius 2 is 2.06 bits per heavy atom. The lowest BCUT2D eigenvalue weighted by molar-refractivity contribution is 0.377. The molecule has 0 unspecified atom stereocenters. The number of nitrogens with zero attached hydrogens (tertiary/aromatic N) is 3. The second-order valence-corrected chi connectivity index (χ2v) is 4.86. The van der Waals surface area contributed by atoms with Crippen LogP contribution >= 0.6 is 0 Å². The van der Waals surface area contributed by atoms with Crippen LogP contribution in [0.2, 0.25) is 0 Å². The number of amidine groups is 1. The monoisotopic (exact) mass is 247 g/mol. The van der Waals surface area contributed by atoms with Crippen molar-refractivity contribution in [3.05, 3.63) is 18.1 Å². The predicted molar refractivity (Wildman–Crippen MR) is 72.9 cm³/mol. The van der Waals surface area contributed by atoms with Gasteiger partial charge >= 0.3 is 0 Å². The van der Waals surface area contributed by atoms with Gasteiger partial charge in [0.05, 0.1) is 0 Å².